The molecule has 4 aromatic rings. The van der Waals surface area contributed by atoms with Gasteiger partial charge in [-0.05, 0) is 35.4 Å². The second-order valence-electron chi connectivity index (χ2n) is 6.02. The SMILES string of the molecule is O=C(O)c1c(-c2cccc(OCc3ccccc3)c2)cn2ccccc12. The Balaban J connectivity index is 1.69. The maximum atomic E-state index is 11.8. The van der Waals surface area contributed by atoms with E-state index in [4.69, 9.17) is 4.74 Å². The highest BCUT2D eigenvalue weighted by Gasteiger charge is 2.18. The molecule has 4 rings (SSSR count). The lowest BCUT2D eigenvalue weighted by Gasteiger charge is -2.08. The summed E-state index contributed by atoms with van der Waals surface area (Å²) in [7, 11) is 0. The highest BCUT2D eigenvalue weighted by molar-refractivity contribution is 6.03. The lowest BCUT2D eigenvalue weighted by molar-refractivity contribution is 0.0700. The van der Waals surface area contributed by atoms with Gasteiger partial charge in [0.1, 0.15) is 12.4 Å². The molecule has 0 unspecified atom stereocenters. The molecule has 0 aliphatic carbocycles. The summed E-state index contributed by atoms with van der Waals surface area (Å²) in [6.45, 7) is 0.466. The monoisotopic (exact) mass is 343 g/mol. The number of hydrogen-bond donors (Lipinski definition) is 1. The first kappa shape index (κ1) is 16.0. The average Bonchev–Trinajstić information content (AvgIpc) is 3.07. The Morgan fingerprint density at radius 1 is 0.962 bits per heavy atom. The normalized spacial score (nSPS) is 10.8. The fourth-order valence-electron chi connectivity index (χ4n) is 3.06. The van der Waals surface area contributed by atoms with Crippen LogP contribution in [0, 0.1) is 0 Å². The molecule has 2 aromatic heterocycles. The van der Waals surface area contributed by atoms with Crippen LogP contribution in [0.25, 0.3) is 16.6 Å². The standard InChI is InChI=1S/C22H17NO3/c24-22(25)21-19(14-23-12-5-4-11-20(21)23)17-9-6-10-18(13-17)26-15-16-7-2-1-3-8-16/h1-14H,15H2,(H,24,25). The van der Waals surface area contributed by atoms with E-state index in [-0.39, 0.29) is 0 Å². The molecule has 128 valence electrons. The van der Waals surface area contributed by atoms with Crippen LogP contribution in [0.15, 0.2) is 85.2 Å². The summed E-state index contributed by atoms with van der Waals surface area (Å²) in [5, 5.41) is 9.69. The quantitative estimate of drug-likeness (QED) is 0.562. The van der Waals surface area contributed by atoms with Crippen LogP contribution < -0.4 is 4.74 Å². The molecule has 0 bridgehead atoms. The van der Waals surface area contributed by atoms with E-state index in [9.17, 15) is 9.90 Å². The van der Waals surface area contributed by atoms with Gasteiger partial charge in [0.25, 0.3) is 0 Å². The largest absolute Gasteiger partial charge is 0.489 e. The van der Waals surface area contributed by atoms with E-state index in [0.29, 0.717) is 29.0 Å². The molecule has 2 heterocycles. The second-order valence-corrected chi connectivity index (χ2v) is 6.02. The smallest absolute Gasteiger partial charge is 0.338 e. The molecule has 0 radical (unpaired) electrons. The number of rotatable bonds is 5. The van der Waals surface area contributed by atoms with Crippen molar-refractivity contribution in [1.82, 2.24) is 4.40 Å². The van der Waals surface area contributed by atoms with Crippen molar-refractivity contribution in [3.63, 3.8) is 0 Å². The molecule has 0 atom stereocenters. The van der Waals surface area contributed by atoms with Gasteiger partial charge < -0.3 is 14.2 Å². The highest BCUT2D eigenvalue weighted by Crippen LogP contribution is 2.31. The van der Waals surface area contributed by atoms with Gasteiger partial charge in [0.05, 0.1) is 11.1 Å². The number of hydrogen-bond acceptors (Lipinski definition) is 2. The first-order chi connectivity index (χ1) is 12.7. The number of aromatic carboxylic acids is 1. The topological polar surface area (TPSA) is 50.9 Å². The Labute approximate surface area is 150 Å². The number of pyridine rings is 1. The molecule has 0 fully saturated rings. The van der Waals surface area contributed by atoms with Crippen LogP contribution in [0.5, 0.6) is 5.75 Å². The summed E-state index contributed by atoms with van der Waals surface area (Å²) in [5.41, 5.74) is 3.54. The van der Waals surface area contributed by atoms with Crippen LogP contribution in [-0.2, 0) is 6.61 Å². The van der Waals surface area contributed by atoms with E-state index >= 15 is 0 Å². The van der Waals surface area contributed by atoms with Crippen LogP contribution in [0.3, 0.4) is 0 Å². The van der Waals surface area contributed by atoms with Gasteiger partial charge in [0.15, 0.2) is 0 Å². The molecule has 0 aliphatic rings. The Bertz CT molecular complexity index is 1070. The molecule has 2 aromatic carbocycles. The third-order valence-electron chi connectivity index (χ3n) is 4.29. The minimum absolute atomic E-state index is 0.297. The fraction of sp³-hybridized carbons (Fsp3) is 0.0455. The highest BCUT2D eigenvalue weighted by atomic mass is 16.5. The summed E-state index contributed by atoms with van der Waals surface area (Å²) in [5.74, 6) is -0.234. The zero-order valence-electron chi connectivity index (χ0n) is 14.0. The van der Waals surface area contributed by atoms with Crippen molar-refractivity contribution in [3.05, 3.63) is 96.3 Å². The van der Waals surface area contributed by atoms with E-state index in [0.717, 1.165) is 11.1 Å². The molecule has 4 heteroatoms. The maximum absolute atomic E-state index is 11.8. The molecule has 0 saturated carbocycles. The van der Waals surface area contributed by atoms with Gasteiger partial charge >= 0.3 is 5.97 Å². The number of ether oxygens (including phenoxy) is 1. The van der Waals surface area contributed by atoms with Gasteiger partial charge in [-0.15, -0.1) is 0 Å². The first-order valence-corrected chi connectivity index (χ1v) is 8.32. The summed E-state index contributed by atoms with van der Waals surface area (Å²) in [6, 6.07) is 23.0. The lowest BCUT2D eigenvalue weighted by atomic mass is 10.0. The van der Waals surface area contributed by atoms with Crippen molar-refractivity contribution < 1.29 is 14.6 Å². The third-order valence-corrected chi connectivity index (χ3v) is 4.29. The van der Waals surface area contributed by atoms with Crippen molar-refractivity contribution in [2.45, 2.75) is 6.61 Å². The van der Waals surface area contributed by atoms with Crippen LogP contribution in [-0.4, -0.2) is 15.5 Å². The van der Waals surface area contributed by atoms with Gasteiger partial charge in [0.2, 0.25) is 0 Å². The molecule has 0 aliphatic heterocycles. The molecule has 0 spiro atoms. The predicted molar refractivity (Wildman–Crippen MR) is 101 cm³/mol. The van der Waals surface area contributed by atoms with E-state index in [1.54, 1.807) is 0 Å². The zero-order chi connectivity index (χ0) is 17.9. The fourth-order valence-corrected chi connectivity index (χ4v) is 3.06. The van der Waals surface area contributed by atoms with Gasteiger partial charge in [-0.25, -0.2) is 4.79 Å². The van der Waals surface area contributed by atoms with Crippen LogP contribution in [0.1, 0.15) is 15.9 Å². The minimum atomic E-state index is -0.940. The van der Waals surface area contributed by atoms with Crippen molar-refractivity contribution in [2.24, 2.45) is 0 Å². The Morgan fingerprint density at radius 2 is 1.77 bits per heavy atom. The zero-order valence-corrected chi connectivity index (χ0v) is 14.0. The summed E-state index contributed by atoms with van der Waals surface area (Å²) in [6.07, 6.45) is 3.69. The molecule has 4 nitrogen and oxygen atoms in total. The average molecular weight is 343 g/mol. The lowest BCUT2D eigenvalue weighted by Crippen LogP contribution is -1.98. The van der Waals surface area contributed by atoms with Gasteiger partial charge in [-0.2, -0.15) is 0 Å². The number of aromatic nitrogens is 1. The van der Waals surface area contributed by atoms with Crippen molar-refractivity contribution in [3.8, 4) is 16.9 Å². The number of carbonyl (C=O) groups is 1. The van der Waals surface area contributed by atoms with E-state index in [2.05, 4.69) is 0 Å². The molecule has 1 N–H and O–H groups in total. The first-order valence-electron chi connectivity index (χ1n) is 8.32. The second kappa shape index (κ2) is 6.76. The molecular weight excluding hydrogens is 326 g/mol. The van der Waals surface area contributed by atoms with Crippen molar-refractivity contribution in [1.29, 1.82) is 0 Å². The van der Waals surface area contributed by atoms with E-state index in [1.807, 2.05) is 89.6 Å². The maximum Gasteiger partial charge on any atom is 0.338 e. The van der Waals surface area contributed by atoms with E-state index in [1.165, 1.54) is 0 Å². The molecule has 0 saturated heterocycles. The van der Waals surface area contributed by atoms with Crippen LogP contribution >= 0.6 is 0 Å². The minimum Gasteiger partial charge on any atom is -0.489 e. The molecule has 26 heavy (non-hydrogen) atoms. The number of fused-ring (bicyclic) bond motifs is 1. The summed E-state index contributed by atoms with van der Waals surface area (Å²) >= 11 is 0. The predicted octanol–water partition coefficient (Wildman–Crippen LogP) is 4.88. The number of nitrogens with zero attached hydrogens (tertiary/aromatic N) is 1. The third kappa shape index (κ3) is 3.05. The summed E-state index contributed by atoms with van der Waals surface area (Å²) < 4.78 is 7.70. The van der Waals surface area contributed by atoms with Gasteiger partial charge in [-0.3, -0.25) is 0 Å². The Morgan fingerprint density at radius 3 is 2.58 bits per heavy atom. The van der Waals surface area contributed by atoms with E-state index < -0.39 is 5.97 Å². The number of carboxylic acids is 1. The molecular formula is C22H17NO3. The Kier molecular flexibility index (Phi) is 4.15. The van der Waals surface area contributed by atoms with Crippen LogP contribution in [0.4, 0.5) is 0 Å². The Hall–Kier alpha value is -3.53. The summed E-state index contributed by atoms with van der Waals surface area (Å²) in [4.78, 5) is 11.8. The van der Waals surface area contributed by atoms with Crippen LogP contribution in [0.2, 0.25) is 0 Å². The number of carboxylic acid groups (broad SMARTS) is 1. The van der Waals surface area contributed by atoms with Crippen molar-refractivity contribution >= 4 is 11.5 Å². The number of benzene rings is 2. The van der Waals surface area contributed by atoms with Crippen molar-refractivity contribution in [2.75, 3.05) is 0 Å². The van der Waals surface area contributed by atoms with Gasteiger partial charge in [0, 0.05) is 18.0 Å². The van der Waals surface area contributed by atoms with Gasteiger partial charge in [-0.1, -0.05) is 48.5 Å². The molecule has 0 amide bonds.